The minimum Gasteiger partial charge on any atom is -0.462 e. The molecule has 17 nitrogen and oxygen atoms in total. The average molecular weight is 1540 g/mol. The number of hydrogen-bond donors (Lipinski definition) is 3. The summed E-state index contributed by atoms with van der Waals surface area (Å²) in [5.41, 5.74) is 0. The molecule has 624 valence electrons. The van der Waals surface area contributed by atoms with E-state index in [1.807, 2.05) is 0 Å². The van der Waals surface area contributed by atoms with Crippen molar-refractivity contribution >= 4 is 39.5 Å². The number of rotatable bonds is 84. The van der Waals surface area contributed by atoms with Crippen molar-refractivity contribution in [1.29, 1.82) is 0 Å². The summed E-state index contributed by atoms with van der Waals surface area (Å²) in [6.07, 6.45) is 66.6. The molecule has 0 aliphatic rings. The summed E-state index contributed by atoms with van der Waals surface area (Å²) in [7, 11) is -9.93. The second kappa shape index (κ2) is 76.1. The number of phosphoric ester groups is 2. The highest BCUT2D eigenvalue weighted by molar-refractivity contribution is 7.47. The van der Waals surface area contributed by atoms with E-state index in [9.17, 15) is 43.2 Å². The van der Waals surface area contributed by atoms with Crippen molar-refractivity contribution in [3.63, 3.8) is 0 Å². The number of phosphoric acid groups is 2. The standard InChI is InChI=1S/C86H168O17P2/c1-8-9-10-11-12-13-14-15-20-28-33-40-48-55-62-69-85(90)103-82(74-97-84(89)68-61-54-47-42-35-38-45-52-59-66-79(6)7)76-101-105(94,95)99-72-80(87)71-98-104(92,93)100-75-81(102-86(91)70-63-56-49-41-34-29-24-19-17-22-26-31-37-44-51-58-65-78(4)5)73-96-83(88)67-60-53-46-39-32-27-23-18-16-21-25-30-36-43-50-57-64-77(2)3/h77-82,87H,8-76H2,1-7H3,(H,92,93)(H,94,95)/t80-,81-,82-/m1/s1. The molecule has 105 heavy (non-hydrogen) atoms. The van der Waals surface area contributed by atoms with Gasteiger partial charge in [0.25, 0.3) is 0 Å². The Hall–Kier alpha value is -1.94. The second-order valence-electron chi connectivity index (χ2n) is 32.4. The van der Waals surface area contributed by atoms with E-state index < -0.39 is 97.5 Å². The summed E-state index contributed by atoms with van der Waals surface area (Å²) in [6.45, 7) is 12.0. The lowest BCUT2D eigenvalue weighted by molar-refractivity contribution is -0.161. The van der Waals surface area contributed by atoms with Gasteiger partial charge in [0.1, 0.15) is 19.3 Å². The Labute approximate surface area is 645 Å². The first kappa shape index (κ1) is 103. The van der Waals surface area contributed by atoms with Crippen LogP contribution in [0.25, 0.3) is 0 Å². The predicted molar refractivity (Wildman–Crippen MR) is 432 cm³/mol. The fourth-order valence-corrected chi connectivity index (χ4v) is 14.9. The van der Waals surface area contributed by atoms with Gasteiger partial charge in [0, 0.05) is 25.7 Å². The summed E-state index contributed by atoms with van der Waals surface area (Å²) in [5, 5.41) is 10.7. The summed E-state index contributed by atoms with van der Waals surface area (Å²) < 4.78 is 68.9. The van der Waals surface area contributed by atoms with Crippen LogP contribution in [0.5, 0.6) is 0 Å². The average Bonchev–Trinajstić information content (AvgIpc) is 0.906. The number of esters is 4. The first-order valence-corrected chi connectivity index (χ1v) is 47.3. The molecular weight excluding hydrogens is 1370 g/mol. The molecule has 19 heteroatoms. The van der Waals surface area contributed by atoms with Crippen molar-refractivity contribution in [2.24, 2.45) is 17.8 Å². The van der Waals surface area contributed by atoms with Gasteiger partial charge < -0.3 is 33.8 Å². The summed E-state index contributed by atoms with van der Waals surface area (Å²) >= 11 is 0. The van der Waals surface area contributed by atoms with Gasteiger partial charge in [0.05, 0.1) is 26.4 Å². The third-order valence-electron chi connectivity index (χ3n) is 20.1. The van der Waals surface area contributed by atoms with Gasteiger partial charge in [0.2, 0.25) is 0 Å². The van der Waals surface area contributed by atoms with E-state index in [1.165, 1.54) is 263 Å². The Morgan fingerprint density at radius 1 is 0.257 bits per heavy atom. The van der Waals surface area contributed by atoms with Crippen LogP contribution in [0.2, 0.25) is 0 Å². The Morgan fingerprint density at radius 2 is 0.438 bits per heavy atom. The number of aliphatic hydroxyl groups is 1. The molecule has 0 aromatic heterocycles. The topological polar surface area (TPSA) is 237 Å². The van der Waals surface area contributed by atoms with Crippen LogP contribution in [0.3, 0.4) is 0 Å². The van der Waals surface area contributed by atoms with E-state index in [1.54, 1.807) is 0 Å². The SMILES string of the molecule is CCCCCCCCCCCCCCCCCC(=O)O[C@H](COC(=O)CCCCCCCCCCCC(C)C)COP(=O)(O)OC[C@H](O)COP(=O)(O)OC[C@@H](COC(=O)CCCCCCCCCCCCCCCCCCC(C)C)OC(=O)CCCCCCCCCCCCCCCCCCC(C)C. The molecule has 0 spiro atoms. The van der Waals surface area contributed by atoms with Gasteiger partial charge in [-0.25, -0.2) is 9.13 Å². The van der Waals surface area contributed by atoms with Gasteiger partial charge in [-0.3, -0.25) is 37.3 Å². The molecule has 0 aliphatic heterocycles. The van der Waals surface area contributed by atoms with E-state index in [-0.39, 0.29) is 25.7 Å². The lowest BCUT2D eigenvalue weighted by Crippen LogP contribution is -2.30. The van der Waals surface area contributed by atoms with E-state index in [2.05, 4.69) is 48.5 Å². The van der Waals surface area contributed by atoms with Crippen molar-refractivity contribution in [3.05, 3.63) is 0 Å². The Kier molecular flexibility index (Phi) is 74.7. The quantitative estimate of drug-likeness (QED) is 0.0222. The fraction of sp³-hybridized carbons (Fsp3) is 0.953. The number of aliphatic hydroxyl groups excluding tert-OH is 1. The van der Waals surface area contributed by atoms with Crippen molar-refractivity contribution in [2.75, 3.05) is 39.6 Å². The van der Waals surface area contributed by atoms with Crippen LogP contribution >= 0.6 is 15.6 Å². The molecule has 0 aromatic rings. The molecule has 0 rings (SSSR count). The lowest BCUT2D eigenvalue weighted by atomic mass is 10.0. The third kappa shape index (κ3) is 79.9. The normalized spacial score (nSPS) is 13.9. The van der Waals surface area contributed by atoms with E-state index in [4.69, 9.17) is 37.0 Å². The van der Waals surface area contributed by atoms with Crippen LogP contribution in [-0.2, 0) is 65.4 Å². The zero-order valence-corrected chi connectivity index (χ0v) is 71.0. The molecule has 0 bridgehead atoms. The van der Waals surface area contributed by atoms with Crippen molar-refractivity contribution in [3.8, 4) is 0 Å². The summed E-state index contributed by atoms with van der Waals surface area (Å²) in [6, 6.07) is 0. The molecule has 3 N–H and O–H groups in total. The molecule has 0 fully saturated rings. The number of hydrogen-bond acceptors (Lipinski definition) is 15. The van der Waals surface area contributed by atoms with Gasteiger partial charge in [-0.05, 0) is 43.4 Å². The van der Waals surface area contributed by atoms with Crippen molar-refractivity contribution < 1.29 is 80.2 Å². The summed E-state index contributed by atoms with van der Waals surface area (Å²) in [4.78, 5) is 73.3. The zero-order chi connectivity index (χ0) is 77.2. The number of ether oxygens (including phenoxy) is 4. The molecule has 2 unspecified atom stereocenters. The van der Waals surface area contributed by atoms with E-state index in [0.29, 0.717) is 25.7 Å². The molecule has 0 aromatic carbocycles. The molecule has 0 aliphatic carbocycles. The second-order valence-corrected chi connectivity index (χ2v) is 35.3. The molecule has 0 saturated carbocycles. The van der Waals surface area contributed by atoms with Crippen LogP contribution in [0.4, 0.5) is 0 Å². The number of carbonyl (C=O) groups excluding carboxylic acids is 4. The smallest absolute Gasteiger partial charge is 0.462 e. The van der Waals surface area contributed by atoms with Gasteiger partial charge in [0.15, 0.2) is 12.2 Å². The first-order chi connectivity index (χ1) is 50.7. The molecule has 5 atom stereocenters. The zero-order valence-electron chi connectivity index (χ0n) is 69.2. The van der Waals surface area contributed by atoms with Gasteiger partial charge in [-0.1, -0.05) is 402 Å². The highest BCUT2D eigenvalue weighted by Crippen LogP contribution is 2.45. The van der Waals surface area contributed by atoms with Crippen LogP contribution in [-0.4, -0.2) is 96.7 Å². The van der Waals surface area contributed by atoms with E-state index in [0.717, 1.165) is 108 Å². The van der Waals surface area contributed by atoms with Gasteiger partial charge in [-0.15, -0.1) is 0 Å². The molecule has 0 amide bonds. The van der Waals surface area contributed by atoms with Crippen LogP contribution < -0.4 is 0 Å². The van der Waals surface area contributed by atoms with Crippen LogP contribution in [0.15, 0.2) is 0 Å². The van der Waals surface area contributed by atoms with Crippen LogP contribution in [0.1, 0.15) is 453 Å². The van der Waals surface area contributed by atoms with Crippen molar-refractivity contribution in [1.82, 2.24) is 0 Å². The monoisotopic (exact) mass is 1540 g/mol. The highest BCUT2D eigenvalue weighted by atomic mass is 31.2. The maximum absolute atomic E-state index is 13.2. The minimum absolute atomic E-state index is 0.108. The highest BCUT2D eigenvalue weighted by Gasteiger charge is 2.30. The fourth-order valence-electron chi connectivity index (χ4n) is 13.4. The number of carbonyl (C=O) groups is 4. The summed E-state index contributed by atoms with van der Waals surface area (Å²) in [5.74, 6) is 0.263. The number of unbranched alkanes of at least 4 members (excludes halogenated alkanes) is 52. The Morgan fingerprint density at radius 3 is 0.648 bits per heavy atom. The molecule has 0 radical (unpaired) electrons. The van der Waals surface area contributed by atoms with Crippen LogP contribution in [0, 0.1) is 17.8 Å². The van der Waals surface area contributed by atoms with Gasteiger partial charge in [-0.2, -0.15) is 0 Å². The maximum Gasteiger partial charge on any atom is 0.472 e. The molecular formula is C86H168O17P2. The molecule has 0 saturated heterocycles. The van der Waals surface area contributed by atoms with Gasteiger partial charge >= 0.3 is 39.5 Å². The minimum atomic E-state index is -4.97. The predicted octanol–water partition coefficient (Wildman–Crippen LogP) is 26.1. The lowest BCUT2D eigenvalue weighted by Gasteiger charge is -2.21. The Balaban J connectivity index is 5.26. The third-order valence-corrected chi connectivity index (χ3v) is 22.0. The first-order valence-electron chi connectivity index (χ1n) is 44.3. The maximum atomic E-state index is 13.2. The van der Waals surface area contributed by atoms with Crippen molar-refractivity contribution in [2.45, 2.75) is 471 Å². The van der Waals surface area contributed by atoms with E-state index >= 15 is 0 Å². The molecule has 0 heterocycles. The Bertz CT molecular complexity index is 2030. The largest absolute Gasteiger partial charge is 0.472 e.